The minimum atomic E-state index is -4.09. The lowest BCUT2D eigenvalue weighted by Gasteiger charge is -2.34. The van der Waals surface area contributed by atoms with Crippen LogP contribution in [0.25, 0.3) is 0 Å². The first-order valence-electron chi connectivity index (χ1n) is 14.3. The molecule has 2 aliphatic rings. The lowest BCUT2D eigenvalue weighted by Crippen LogP contribution is -2.53. The molecule has 1 heterocycles. The SMILES string of the molecule is O=C(NC1CCCCC1)[C@H](Cc1ccccc1)N(Cc1ccc(F)cc1)C(=O)CCN1C(=O)c2ccccc2S1(=O)=O. The minimum Gasteiger partial charge on any atom is -0.352 e. The molecule has 42 heavy (non-hydrogen) atoms. The number of nitrogens with one attached hydrogen (secondary N) is 1. The Bertz CT molecular complexity index is 1540. The number of nitrogens with zero attached hydrogens (tertiary/aromatic N) is 2. The largest absolute Gasteiger partial charge is 0.352 e. The summed E-state index contributed by atoms with van der Waals surface area (Å²) in [5.74, 6) is -1.89. The Morgan fingerprint density at radius 3 is 2.26 bits per heavy atom. The lowest BCUT2D eigenvalue weighted by molar-refractivity contribution is -0.141. The van der Waals surface area contributed by atoms with Gasteiger partial charge in [0.1, 0.15) is 16.8 Å². The molecule has 1 aliphatic heterocycles. The van der Waals surface area contributed by atoms with E-state index in [1.165, 1.54) is 29.2 Å². The summed E-state index contributed by atoms with van der Waals surface area (Å²) in [5.41, 5.74) is 1.54. The lowest BCUT2D eigenvalue weighted by atomic mass is 9.94. The van der Waals surface area contributed by atoms with Gasteiger partial charge in [-0.15, -0.1) is 0 Å². The minimum absolute atomic E-state index is 0.00955. The number of amides is 3. The Hall–Kier alpha value is -4.05. The van der Waals surface area contributed by atoms with E-state index in [-0.39, 0.29) is 48.3 Å². The van der Waals surface area contributed by atoms with Crippen molar-refractivity contribution in [2.75, 3.05) is 6.54 Å². The zero-order valence-corrected chi connectivity index (χ0v) is 24.1. The number of hydrogen-bond donors (Lipinski definition) is 1. The van der Waals surface area contributed by atoms with Crippen LogP contribution in [0.3, 0.4) is 0 Å². The van der Waals surface area contributed by atoms with Crippen LogP contribution in [0.4, 0.5) is 4.39 Å². The van der Waals surface area contributed by atoms with E-state index < -0.39 is 33.7 Å². The Morgan fingerprint density at radius 2 is 1.57 bits per heavy atom. The second kappa shape index (κ2) is 12.9. The predicted molar refractivity (Wildman–Crippen MR) is 155 cm³/mol. The molecule has 0 unspecified atom stereocenters. The van der Waals surface area contributed by atoms with Crippen molar-refractivity contribution in [1.82, 2.24) is 14.5 Å². The van der Waals surface area contributed by atoms with Gasteiger partial charge in [-0.25, -0.2) is 17.1 Å². The van der Waals surface area contributed by atoms with Crippen LogP contribution < -0.4 is 5.32 Å². The summed E-state index contributed by atoms with van der Waals surface area (Å²) < 4.78 is 40.6. The van der Waals surface area contributed by atoms with E-state index in [0.717, 1.165) is 42.0 Å². The van der Waals surface area contributed by atoms with Crippen molar-refractivity contribution in [3.05, 3.63) is 101 Å². The number of benzene rings is 3. The van der Waals surface area contributed by atoms with Crippen molar-refractivity contribution >= 4 is 27.7 Å². The highest BCUT2D eigenvalue weighted by Crippen LogP contribution is 2.30. The van der Waals surface area contributed by atoms with Gasteiger partial charge >= 0.3 is 0 Å². The van der Waals surface area contributed by atoms with Gasteiger partial charge in [0.05, 0.1) is 5.56 Å². The van der Waals surface area contributed by atoms with Gasteiger partial charge in [-0.2, -0.15) is 0 Å². The molecule has 1 saturated carbocycles. The molecular weight excluding hydrogens is 557 g/mol. The van der Waals surface area contributed by atoms with Gasteiger partial charge in [-0.1, -0.05) is 73.9 Å². The average Bonchev–Trinajstić information content (AvgIpc) is 3.19. The Morgan fingerprint density at radius 1 is 0.905 bits per heavy atom. The number of sulfonamides is 1. The highest BCUT2D eigenvalue weighted by Gasteiger charge is 2.41. The first-order chi connectivity index (χ1) is 20.2. The Kier molecular flexibility index (Phi) is 9.01. The molecule has 3 amide bonds. The zero-order valence-electron chi connectivity index (χ0n) is 23.2. The van der Waals surface area contributed by atoms with E-state index in [1.54, 1.807) is 24.3 Å². The topological polar surface area (TPSA) is 104 Å². The summed E-state index contributed by atoms with van der Waals surface area (Å²) >= 11 is 0. The van der Waals surface area contributed by atoms with Gasteiger partial charge in [0, 0.05) is 32.0 Å². The van der Waals surface area contributed by atoms with Gasteiger partial charge < -0.3 is 10.2 Å². The first kappa shape index (κ1) is 29.4. The van der Waals surface area contributed by atoms with Gasteiger partial charge in [-0.05, 0) is 48.2 Å². The van der Waals surface area contributed by atoms with Crippen molar-refractivity contribution in [3.63, 3.8) is 0 Å². The number of carbonyl (C=O) groups excluding carboxylic acids is 3. The van der Waals surface area contributed by atoms with Crippen LogP contribution in [0.15, 0.2) is 83.8 Å². The van der Waals surface area contributed by atoms with E-state index >= 15 is 0 Å². The van der Waals surface area contributed by atoms with Crippen LogP contribution in [0.5, 0.6) is 0 Å². The molecule has 1 aliphatic carbocycles. The quantitative estimate of drug-likeness (QED) is 0.375. The second-order valence-corrected chi connectivity index (χ2v) is 12.7. The fourth-order valence-corrected chi connectivity index (χ4v) is 7.25. The molecule has 5 rings (SSSR count). The van der Waals surface area contributed by atoms with Gasteiger partial charge in [0.25, 0.3) is 15.9 Å². The van der Waals surface area contributed by atoms with Crippen molar-refractivity contribution in [3.8, 4) is 0 Å². The molecule has 1 fully saturated rings. The third-order valence-electron chi connectivity index (χ3n) is 7.93. The highest BCUT2D eigenvalue weighted by atomic mass is 32.2. The average molecular weight is 592 g/mol. The van der Waals surface area contributed by atoms with Crippen molar-refractivity contribution < 1.29 is 27.2 Å². The van der Waals surface area contributed by atoms with Crippen LogP contribution in [0, 0.1) is 5.82 Å². The molecule has 3 aromatic rings. The fraction of sp³-hybridized carbons (Fsp3) is 0.344. The molecule has 0 radical (unpaired) electrons. The fourth-order valence-electron chi connectivity index (χ4n) is 5.68. The number of fused-ring (bicyclic) bond motifs is 1. The van der Waals surface area contributed by atoms with Crippen LogP contribution >= 0.6 is 0 Å². The number of carbonyl (C=O) groups is 3. The summed E-state index contributed by atoms with van der Waals surface area (Å²) in [5, 5.41) is 3.15. The molecular formula is C32H34FN3O5S. The number of hydrogen-bond acceptors (Lipinski definition) is 5. The first-order valence-corrected chi connectivity index (χ1v) is 15.7. The van der Waals surface area contributed by atoms with Crippen LogP contribution in [0.2, 0.25) is 0 Å². The predicted octanol–water partition coefficient (Wildman–Crippen LogP) is 4.45. The maximum absolute atomic E-state index is 13.9. The summed E-state index contributed by atoms with van der Waals surface area (Å²) in [6.45, 7) is -0.355. The molecule has 0 saturated heterocycles. The van der Waals surface area contributed by atoms with E-state index in [4.69, 9.17) is 0 Å². The molecule has 0 aromatic heterocycles. The van der Waals surface area contributed by atoms with Crippen LogP contribution in [-0.4, -0.2) is 54.0 Å². The summed E-state index contributed by atoms with van der Waals surface area (Å²) in [7, 11) is -4.09. The third-order valence-corrected chi connectivity index (χ3v) is 9.77. The van der Waals surface area contributed by atoms with E-state index in [2.05, 4.69) is 5.32 Å². The monoisotopic (exact) mass is 591 g/mol. The summed E-state index contributed by atoms with van der Waals surface area (Å²) in [4.78, 5) is 42.1. The zero-order chi connectivity index (χ0) is 29.7. The molecule has 10 heteroatoms. The molecule has 0 spiro atoms. The molecule has 0 bridgehead atoms. The number of halogens is 1. The molecule has 1 atom stereocenters. The molecule has 8 nitrogen and oxygen atoms in total. The molecule has 1 N–H and O–H groups in total. The van der Waals surface area contributed by atoms with E-state index in [0.29, 0.717) is 5.56 Å². The maximum Gasteiger partial charge on any atom is 0.269 e. The van der Waals surface area contributed by atoms with E-state index in [1.807, 2.05) is 30.3 Å². The van der Waals surface area contributed by atoms with Crippen LogP contribution in [-0.2, 0) is 32.6 Å². The second-order valence-electron chi connectivity index (χ2n) is 10.8. The maximum atomic E-state index is 13.9. The van der Waals surface area contributed by atoms with Gasteiger partial charge in [0.15, 0.2) is 0 Å². The third kappa shape index (κ3) is 6.54. The Labute approximate surface area is 245 Å². The molecule has 3 aromatic carbocycles. The normalized spacial score (nSPS) is 17.0. The molecule has 220 valence electrons. The van der Waals surface area contributed by atoms with Gasteiger partial charge in [0.2, 0.25) is 11.8 Å². The Balaban J connectivity index is 1.42. The standard InChI is InChI=1S/C32H34FN3O5S/c33-25-17-15-24(16-18-25)22-35(30(37)19-20-36-32(39)27-13-7-8-14-29(27)42(36,40)41)28(21-23-9-3-1-4-10-23)31(38)34-26-11-5-2-6-12-26/h1,3-4,7-10,13-18,26,28H,2,5-6,11-12,19-22H2,(H,34,38)/t28-/m0/s1. The van der Waals surface area contributed by atoms with Crippen molar-refractivity contribution in [2.24, 2.45) is 0 Å². The highest BCUT2D eigenvalue weighted by molar-refractivity contribution is 7.90. The smallest absolute Gasteiger partial charge is 0.269 e. The van der Waals surface area contributed by atoms with Crippen molar-refractivity contribution in [2.45, 2.75) is 68.5 Å². The summed E-state index contributed by atoms with van der Waals surface area (Å²) in [6, 6.07) is 20.1. The summed E-state index contributed by atoms with van der Waals surface area (Å²) in [6.07, 6.45) is 4.81. The van der Waals surface area contributed by atoms with Gasteiger partial charge in [-0.3, -0.25) is 14.4 Å². The van der Waals surface area contributed by atoms with Crippen molar-refractivity contribution in [1.29, 1.82) is 0 Å². The van der Waals surface area contributed by atoms with E-state index in [9.17, 15) is 27.2 Å². The number of rotatable bonds is 10. The van der Waals surface area contributed by atoms with Crippen LogP contribution in [0.1, 0.15) is 60.0 Å².